The first-order valence-corrected chi connectivity index (χ1v) is 12.7. The number of carbonyl (C=O) groups excluding carboxylic acids is 1. The molecule has 2 heterocycles. The van der Waals surface area contributed by atoms with E-state index in [-0.39, 0.29) is 33.9 Å². The number of nitrogens with one attached hydrogen (secondary N) is 1. The lowest BCUT2D eigenvalue weighted by Crippen LogP contribution is -2.22. The molecule has 0 spiro atoms. The summed E-state index contributed by atoms with van der Waals surface area (Å²) < 4.78 is 52.3. The molecule has 0 bridgehead atoms. The van der Waals surface area contributed by atoms with Crippen molar-refractivity contribution in [2.24, 2.45) is 0 Å². The number of carbonyl (C=O) groups is 1. The highest BCUT2D eigenvalue weighted by Crippen LogP contribution is 2.34. The minimum atomic E-state index is -4.66. The summed E-state index contributed by atoms with van der Waals surface area (Å²) in [7, 11) is 0. The van der Waals surface area contributed by atoms with Crippen LogP contribution >= 0.6 is 23.2 Å². The molecule has 0 radical (unpaired) electrons. The fourth-order valence-electron chi connectivity index (χ4n) is 3.94. The number of nitrogens with zero attached hydrogens (tertiary/aromatic N) is 2. The van der Waals surface area contributed by atoms with Gasteiger partial charge in [0, 0.05) is 5.56 Å². The number of alkyl halides is 3. The normalized spacial score (nSPS) is 11.4. The zero-order valence-electron chi connectivity index (χ0n) is 20.6. The highest BCUT2D eigenvalue weighted by Gasteiger charge is 2.35. The topological polar surface area (TPSA) is 69.3 Å². The highest BCUT2D eigenvalue weighted by molar-refractivity contribution is 6.37. The van der Waals surface area contributed by atoms with Crippen LogP contribution in [-0.4, -0.2) is 15.7 Å². The van der Waals surface area contributed by atoms with Gasteiger partial charge in [0.05, 0.1) is 28.5 Å². The van der Waals surface area contributed by atoms with Crippen LogP contribution in [0.3, 0.4) is 0 Å². The predicted octanol–water partition coefficient (Wildman–Crippen LogP) is 7.97. The molecule has 0 saturated carbocycles. The fourth-order valence-corrected chi connectivity index (χ4v) is 4.50. The zero-order chi connectivity index (χ0) is 28.3. The summed E-state index contributed by atoms with van der Waals surface area (Å²) in [5, 5.41) is 6.78. The van der Waals surface area contributed by atoms with Crippen LogP contribution in [-0.2, 0) is 19.3 Å². The van der Waals surface area contributed by atoms with Crippen LogP contribution in [0.25, 0.3) is 16.8 Å². The number of benzene rings is 3. The Morgan fingerprint density at radius 3 is 2.17 bits per heavy atom. The molecule has 0 aliphatic rings. The van der Waals surface area contributed by atoms with Crippen LogP contribution in [0.2, 0.25) is 10.0 Å². The molecule has 204 valence electrons. The van der Waals surface area contributed by atoms with Crippen molar-refractivity contribution in [3.05, 3.63) is 124 Å². The third-order valence-electron chi connectivity index (χ3n) is 5.95. The van der Waals surface area contributed by atoms with Gasteiger partial charge in [-0.1, -0.05) is 53.5 Å². The van der Waals surface area contributed by atoms with Crippen molar-refractivity contribution < 1.29 is 27.1 Å². The molecule has 11 heteroatoms. The predicted molar refractivity (Wildman–Crippen MR) is 145 cm³/mol. The zero-order valence-corrected chi connectivity index (χ0v) is 22.1. The molecule has 5 rings (SSSR count). The molecule has 40 heavy (non-hydrogen) atoms. The molecule has 0 aliphatic carbocycles. The van der Waals surface area contributed by atoms with Crippen molar-refractivity contribution in [3.8, 4) is 22.6 Å². The molecule has 0 unspecified atom stereocenters. The molecule has 0 fully saturated rings. The van der Waals surface area contributed by atoms with Crippen molar-refractivity contribution in [2.75, 3.05) is 0 Å². The Morgan fingerprint density at radius 2 is 1.57 bits per heavy atom. The van der Waals surface area contributed by atoms with E-state index in [1.54, 1.807) is 48.7 Å². The van der Waals surface area contributed by atoms with E-state index in [4.69, 9.17) is 32.4 Å². The van der Waals surface area contributed by atoms with Crippen LogP contribution in [0.4, 0.5) is 13.2 Å². The first-order valence-electron chi connectivity index (χ1n) is 11.9. The van der Waals surface area contributed by atoms with E-state index in [2.05, 4.69) is 10.4 Å². The number of aromatic nitrogens is 2. The van der Waals surface area contributed by atoms with Gasteiger partial charge in [-0.25, -0.2) is 4.68 Å². The Morgan fingerprint density at radius 1 is 0.925 bits per heavy atom. The van der Waals surface area contributed by atoms with E-state index in [1.807, 2.05) is 24.3 Å². The number of halogens is 5. The Balaban J connectivity index is 1.27. The molecule has 0 aliphatic heterocycles. The number of hydrogen-bond acceptors (Lipinski definition) is 4. The van der Waals surface area contributed by atoms with E-state index < -0.39 is 11.9 Å². The largest absolute Gasteiger partial charge is 0.487 e. The lowest BCUT2D eigenvalue weighted by Gasteiger charge is -2.12. The summed E-state index contributed by atoms with van der Waals surface area (Å²) in [4.78, 5) is 12.4. The first kappa shape index (κ1) is 27.4. The standard InChI is InChI=1S/C29H20Cl2F3N3O3/c30-24-4-1-5-25(31)27(24)37-21(15-26(36-37)29(32,33)34)17-40-22-12-10-19(11-13-22)18-6-8-20(9-7-18)28(38)35-16-23-3-2-14-39-23/h1-15H,16-17H2,(H,35,38). The van der Waals surface area contributed by atoms with E-state index in [1.165, 1.54) is 12.1 Å². The summed E-state index contributed by atoms with van der Waals surface area (Å²) in [6, 6.07) is 23.2. The molecule has 1 amide bonds. The molecule has 6 nitrogen and oxygen atoms in total. The van der Waals surface area contributed by atoms with Crippen LogP contribution in [0, 0.1) is 0 Å². The second-order valence-electron chi connectivity index (χ2n) is 8.65. The summed E-state index contributed by atoms with van der Waals surface area (Å²) >= 11 is 12.4. The van der Waals surface area contributed by atoms with Gasteiger partial charge in [0.25, 0.3) is 5.91 Å². The monoisotopic (exact) mass is 585 g/mol. The molecular weight excluding hydrogens is 566 g/mol. The van der Waals surface area contributed by atoms with Gasteiger partial charge in [0.15, 0.2) is 5.69 Å². The Bertz CT molecular complexity index is 1600. The lowest BCUT2D eigenvalue weighted by molar-refractivity contribution is -0.141. The van der Waals surface area contributed by atoms with Gasteiger partial charge in [0.2, 0.25) is 0 Å². The van der Waals surface area contributed by atoms with E-state index in [0.717, 1.165) is 21.9 Å². The number of rotatable bonds is 8. The van der Waals surface area contributed by atoms with Gasteiger partial charge >= 0.3 is 6.18 Å². The molecular formula is C29H20Cl2F3N3O3. The minimum absolute atomic E-state index is 0.118. The maximum Gasteiger partial charge on any atom is 0.435 e. The molecule has 3 aromatic carbocycles. The highest BCUT2D eigenvalue weighted by atomic mass is 35.5. The van der Waals surface area contributed by atoms with Crippen LogP contribution in [0.1, 0.15) is 27.5 Å². The number of hydrogen-bond donors (Lipinski definition) is 1. The van der Waals surface area contributed by atoms with Crippen molar-refractivity contribution in [1.29, 1.82) is 0 Å². The summed E-state index contributed by atoms with van der Waals surface area (Å²) in [5.41, 5.74) is 1.40. The minimum Gasteiger partial charge on any atom is -0.487 e. The SMILES string of the molecule is O=C(NCc1ccco1)c1ccc(-c2ccc(OCc3cc(C(F)(F)F)nn3-c3c(Cl)cccc3Cl)cc2)cc1. The maximum absolute atomic E-state index is 13.4. The second-order valence-corrected chi connectivity index (χ2v) is 9.47. The molecule has 1 N–H and O–H groups in total. The van der Waals surface area contributed by atoms with E-state index in [0.29, 0.717) is 23.6 Å². The van der Waals surface area contributed by atoms with Crippen LogP contribution < -0.4 is 10.1 Å². The van der Waals surface area contributed by atoms with Gasteiger partial charge in [0.1, 0.15) is 23.8 Å². The third kappa shape index (κ3) is 6.16. The Hall–Kier alpha value is -4.21. The van der Waals surface area contributed by atoms with Crippen molar-refractivity contribution in [1.82, 2.24) is 15.1 Å². The van der Waals surface area contributed by atoms with Crippen molar-refractivity contribution >= 4 is 29.1 Å². The van der Waals surface area contributed by atoms with Crippen molar-refractivity contribution in [3.63, 3.8) is 0 Å². The van der Waals surface area contributed by atoms with E-state index >= 15 is 0 Å². The van der Waals surface area contributed by atoms with Crippen LogP contribution in [0.5, 0.6) is 5.75 Å². The Labute approximate surface area is 236 Å². The van der Waals surface area contributed by atoms with Gasteiger partial charge in [-0.05, 0) is 65.7 Å². The molecule has 0 atom stereocenters. The van der Waals surface area contributed by atoms with Crippen molar-refractivity contribution in [2.45, 2.75) is 19.3 Å². The smallest absolute Gasteiger partial charge is 0.435 e. The average Bonchev–Trinajstić information content (AvgIpc) is 3.61. The second kappa shape index (κ2) is 11.5. The fraction of sp³-hybridized carbons (Fsp3) is 0.103. The van der Waals surface area contributed by atoms with E-state index in [9.17, 15) is 18.0 Å². The number of ether oxygens (including phenoxy) is 1. The number of amides is 1. The first-order chi connectivity index (χ1) is 19.2. The van der Waals surface area contributed by atoms with Gasteiger partial charge in [-0.2, -0.15) is 18.3 Å². The van der Waals surface area contributed by atoms with Gasteiger partial charge in [-0.15, -0.1) is 0 Å². The number of para-hydroxylation sites is 1. The molecule has 5 aromatic rings. The summed E-state index contributed by atoms with van der Waals surface area (Å²) in [6.07, 6.45) is -3.12. The third-order valence-corrected chi connectivity index (χ3v) is 6.56. The average molecular weight is 586 g/mol. The Kier molecular flexibility index (Phi) is 7.86. The maximum atomic E-state index is 13.4. The van der Waals surface area contributed by atoms with Gasteiger partial charge < -0.3 is 14.5 Å². The van der Waals surface area contributed by atoms with Gasteiger partial charge in [-0.3, -0.25) is 4.79 Å². The summed E-state index contributed by atoms with van der Waals surface area (Å²) in [5.74, 6) is 0.868. The number of furan rings is 1. The molecule has 0 saturated heterocycles. The lowest BCUT2D eigenvalue weighted by atomic mass is 10.0. The quantitative estimate of drug-likeness (QED) is 0.200. The summed E-state index contributed by atoms with van der Waals surface area (Å²) in [6.45, 7) is 0.0740. The molecule has 2 aromatic heterocycles. The van der Waals surface area contributed by atoms with Crippen LogP contribution in [0.15, 0.2) is 95.6 Å².